The third-order valence-corrected chi connectivity index (χ3v) is 4.59. The first-order valence-corrected chi connectivity index (χ1v) is 7.43. The minimum atomic E-state index is -0.557. The lowest BCUT2D eigenvalue weighted by molar-refractivity contribution is -0.0119. The highest BCUT2D eigenvalue weighted by molar-refractivity contribution is 5.34. The van der Waals surface area contributed by atoms with Crippen molar-refractivity contribution in [2.45, 2.75) is 51.7 Å². The first-order chi connectivity index (χ1) is 9.45. The Kier molecular flexibility index (Phi) is 4.52. The second-order valence-corrected chi connectivity index (χ2v) is 6.34. The number of aliphatic hydroxyl groups is 1. The van der Waals surface area contributed by atoms with Crippen LogP contribution in [0.3, 0.4) is 0 Å². The minimum absolute atomic E-state index is 0.557. The number of rotatable bonds is 4. The summed E-state index contributed by atoms with van der Waals surface area (Å²) in [7, 11) is 1.91. The fraction of sp³-hybridized carbons (Fsp3) is 0.688. The van der Waals surface area contributed by atoms with Crippen LogP contribution >= 0.6 is 0 Å². The summed E-state index contributed by atoms with van der Waals surface area (Å²) in [6.07, 6.45) is 4.12. The molecular weight excluding hydrogens is 250 g/mol. The molecule has 1 aliphatic carbocycles. The van der Waals surface area contributed by atoms with Crippen LogP contribution < -0.4 is 5.32 Å². The molecule has 4 heteroatoms. The Labute approximate surface area is 121 Å². The van der Waals surface area contributed by atoms with Crippen molar-refractivity contribution in [3.05, 3.63) is 23.0 Å². The van der Waals surface area contributed by atoms with Crippen molar-refractivity contribution in [1.82, 2.24) is 9.88 Å². The van der Waals surface area contributed by atoms with Gasteiger partial charge in [0.15, 0.2) is 0 Å². The van der Waals surface area contributed by atoms with E-state index >= 15 is 0 Å². The molecule has 1 fully saturated rings. The van der Waals surface area contributed by atoms with E-state index in [4.69, 9.17) is 5.26 Å². The van der Waals surface area contributed by atoms with E-state index < -0.39 is 5.60 Å². The summed E-state index contributed by atoms with van der Waals surface area (Å²) in [5, 5.41) is 23.0. The summed E-state index contributed by atoms with van der Waals surface area (Å²) < 4.78 is 1.91. The molecule has 0 saturated heterocycles. The van der Waals surface area contributed by atoms with E-state index in [-0.39, 0.29) is 0 Å². The van der Waals surface area contributed by atoms with Crippen molar-refractivity contribution in [2.24, 2.45) is 13.0 Å². The number of nitriles is 1. The molecule has 0 aliphatic heterocycles. The van der Waals surface area contributed by atoms with Crippen LogP contribution in [0.25, 0.3) is 0 Å². The fourth-order valence-corrected chi connectivity index (χ4v) is 3.27. The van der Waals surface area contributed by atoms with Crippen molar-refractivity contribution >= 4 is 0 Å². The molecule has 1 heterocycles. The van der Waals surface area contributed by atoms with E-state index in [1.165, 1.54) is 6.42 Å². The van der Waals surface area contributed by atoms with Gasteiger partial charge in [0, 0.05) is 25.8 Å². The molecule has 2 N–H and O–H groups in total. The van der Waals surface area contributed by atoms with Crippen molar-refractivity contribution in [1.29, 1.82) is 5.26 Å². The first-order valence-electron chi connectivity index (χ1n) is 7.43. The number of nitrogens with zero attached hydrogens (tertiary/aromatic N) is 2. The molecule has 20 heavy (non-hydrogen) atoms. The van der Waals surface area contributed by atoms with Crippen LogP contribution in [0.4, 0.5) is 0 Å². The van der Waals surface area contributed by atoms with Crippen LogP contribution in [0, 0.1) is 24.2 Å². The molecule has 0 amide bonds. The molecule has 1 aromatic heterocycles. The molecule has 0 spiro atoms. The van der Waals surface area contributed by atoms with Gasteiger partial charge >= 0.3 is 0 Å². The van der Waals surface area contributed by atoms with Gasteiger partial charge in [-0.2, -0.15) is 5.26 Å². The van der Waals surface area contributed by atoms with Gasteiger partial charge in [-0.15, -0.1) is 0 Å². The Hall–Kier alpha value is -1.31. The molecule has 0 radical (unpaired) electrons. The van der Waals surface area contributed by atoms with Gasteiger partial charge in [0.2, 0.25) is 0 Å². The normalized spacial score (nSPS) is 26.4. The Morgan fingerprint density at radius 3 is 2.95 bits per heavy atom. The maximum Gasteiger partial charge on any atom is 0.120 e. The number of hydrogen-bond donors (Lipinski definition) is 2. The zero-order valence-corrected chi connectivity index (χ0v) is 12.7. The van der Waals surface area contributed by atoms with E-state index in [0.29, 0.717) is 24.7 Å². The first kappa shape index (κ1) is 15.1. The van der Waals surface area contributed by atoms with Gasteiger partial charge in [-0.05, 0) is 37.3 Å². The summed E-state index contributed by atoms with van der Waals surface area (Å²) in [5.41, 5.74) is 2.37. The standard InChI is InChI=1S/C16H25N3O/c1-12-5-4-6-16(20,8-12)11-18-10-14-7-15(9-17)19(3)13(14)2/h7,12,18,20H,4-6,8,10-11H2,1-3H3. The average molecular weight is 275 g/mol. The Morgan fingerprint density at radius 2 is 2.35 bits per heavy atom. The lowest BCUT2D eigenvalue weighted by atomic mass is 9.79. The van der Waals surface area contributed by atoms with Gasteiger partial charge in [-0.3, -0.25) is 0 Å². The van der Waals surface area contributed by atoms with Crippen LogP contribution in [0.2, 0.25) is 0 Å². The quantitative estimate of drug-likeness (QED) is 0.886. The van der Waals surface area contributed by atoms with E-state index in [9.17, 15) is 5.11 Å². The molecule has 1 saturated carbocycles. The molecule has 0 aromatic carbocycles. The highest BCUT2D eigenvalue weighted by Crippen LogP contribution is 2.31. The van der Waals surface area contributed by atoms with Gasteiger partial charge in [-0.1, -0.05) is 19.8 Å². The Morgan fingerprint density at radius 1 is 1.60 bits per heavy atom. The average Bonchev–Trinajstić information content (AvgIpc) is 2.66. The molecule has 4 nitrogen and oxygen atoms in total. The molecule has 2 rings (SSSR count). The monoisotopic (exact) mass is 275 g/mol. The molecule has 0 bridgehead atoms. The summed E-state index contributed by atoms with van der Waals surface area (Å²) in [6.45, 7) is 5.57. The third kappa shape index (κ3) is 3.23. The lowest BCUT2D eigenvalue weighted by Gasteiger charge is -2.35. The zero-order chi connectivity index (χ0) is 14.8. The van der Waals surface area contributed by atoms with Crippen molar-refractivity contribution in [3.63, 3.8) is 0 Å². The highest BCUT2D eigenvalue weighted by atomic mass is 16.3. The number of aromatic nitrogens is 1. The number of nitrogens with one attached hydrogen (secondary N) is 1. The molecule has 2 unspecified atom stereocenters. The summed E-state index contributed by atoms with van der Waals surface area (Å²) >= 11 is 0. The summed E-state index contributed by atoms with van der Waals surface area (Å²) in [4.78, 5) is 0. The van der Waals surface area contributed by atoms with Gasteiger partial charge in [0.1, 0.15) is 11.8 Å². The molecule has 110 valence electrons. The maximum atomic E-state index is 10.6. The van der Waals surface area contributed by atoms with Crippen LogP contribution in [-0.4, -0.2) is 21.8 Å². The van der Waals surface area contributed by atoms with E-state index in [0.717, 1.165) is 30.5 Å². The van der Waals surface area contributed by atoms with Crippen LogP contribution in [-0.2, 0) is 13.6 Å². The van der Waals surface area contributed by atoms with E-state index in [2.05, 4.69) is 18.3 Å². The van der Waals surface area contributed by atoms with Crippen molar-refractivity contribution in [3.8, 4) is 6.07 Å². The fourth-order valence-electron chi connectivity index (χ4n) is 3.27. The van der Waals surface area contributed by atoms with Crippen LogP contribution in [0.1, 0.15) is 49.6 Å². The van der Waals surface area contributed by atoms with Gasteiger partial charge in [0.05, 0.1) is 5.60 Å². The summed E-state index contributed by atoms with van der Waals surface area (Å²) in [6, 6.07) is 4.12. The van der Waals surface area contributed by atoms with Gasteiger partial charge in [-0.25, -0.2) is 0 Å². The van der Waals surface area contributed by atoms with Crippen molar-refractivity contribution < 1.29 is 5.11 Å². The molecule has 1 aliphatic rings. The maximum absolute atomic E-state index is 10.6. The van der Waals surface area contributed by atoms with E-state index in [1.54, 1.807) is 0 Å². The lowest BCUT2D eigenvalue weighted by Crippen LogP contribution is -2.43. The second kappa shape index (κ2) is 5.99. The predicted octanol–water partition coefficient (Wildman–Crippen LogP) is 2.24. The van der Waals surface area contributed by atoms with Crippen LogP contribution in [0.5, 0.6) is 0 Å². The highest BCUT2D eigenvalue weighted by Gasteiger charge is 2.32. The zero-order valence-electron chi connectivity index (χ0n) is 12.7. The molecule has 1 aromatic rings. The molecular formula is C16H25N3O. The number of hydrogen-bond acceptors (Lipinski definition) is 3. The van der Waals surface area contributed by atoms with Crippen molar-refractivity contribution in [2.75, 3.05) is 6.54 Å². The minimum Gasteiger partial charge on any atom is -0.389 e. The van der Waals surface area contributed by atoms with Gasteiger partial charge < -0.3 is 15.0 Å². The van der Waals surface area contributed by atoms with Crippen LogP contribution in [0.15, 0.2) is 6.07 Å². The second-order valence-electron chi connectivity index (χ2n) is 6.34. The van der Waals surface area contributed by atoms with E-state index in [1.807, 2.05) is 24.6 Å². The van der Waals surface area contributed by atoms with Gasteiger partial charge in [0.25, 0.3) is 0 Å². The Bertz CT molecular complexity index is 515. The predicted molar refractivity (Wildman–Crippen MR) is 79.2 cm³/mol. The topological polar surface area (TPSA) is 61.0 Å². The molecule has 2 atom stereocenters. The Balaban J connectivity index is 1.92. The largest absolute Gasteiger partial charge is 0.389 e. The SMILES string of the molecule is Cc1c(CNCC2(O)CCCC(C)C2)cc(C#N)n1C. The third-order valence-electron chi connectivity index (χ3n) is 4.59. The smallest absolute Gasteiger partial charge is 0.120 e. The summed E-state index contributed by atoms with van der Waals surface area (Å²) in [5.74, 6) is 0.610.